The fourth-order valence-electron chi connectivity index (χ4n) is 6.83. The molecule has 0 saturated heterocycles. The van der Waals surface area contributed by atoms with Crippen LogP contribution in [0.2, 0.25) is 0 Å². The minimum atomic E-state index is -0.0983. The van der Waals surface area contributed by atoms with Crippen LogP contribution in [-0.2, 0) is 18.3 Å². The number of unbranched alkanes of at least 4 members (excludes halogenated alkanes) is 6. The van der Waals surface area contributed by atoms with E-state index >= 15 is 0 Å². The summed E-state index contributed by atoms with van der Waals surface area (Å²) >= 11 is 0. The van der Waals surface area contributed by atoms with E-state index in [1.165, 1.54) is 56.1 Å². The van der Waals surface area contributed by atoms with Crippen LogP contribution in [0, 0.1) is 11.3 Å². The van der Waals surface area contributed by atoms with Gasteiger partial charge in [-0.3, -0.25) is 0 Å². The SMILES string of the molecule is CCCCCCc1cc(C2(c3ccc(O)c(CCCCCC)c3)CC(C)CC(C)(C)C2)ccc1O. The Morgan fingerprint density at radius 1 is 0.714 bits per heavy atom. The number of aromatic hydroxyl groups is 2. The fourth-order valence-corrected chi connectivity index (χ4v) is 6.83. The van der Waals surface area contributed by atoms with Crippen LogP contribution in [-0.4, -0.2) is 10.2 Å². The molecule has 194 valence electrons. The number of hydrogen-bond acceptors (Lipinski definition) is 2. The molecule has 1 fully saturated rings. The van der Waals surface area contributed by atoms with Gasteiger partial charge in [-0.05, 0) is 90.7 Å². The maximum atomic E-state index is 10.7. The second-order valence-corrected chi connectivity index (χ2v) is 12.2. The predicted octanol–water partition coefficient (Wildman–Crippen LogP) is 9.48. The number of phenols is 2. The zero-order chi connectivity index (χ0) is 25.5. The fraction of sp³-hybridized carbons (Fsp3) is 0.636. The summed E-state index contributed by atoms with van der Waals surface area (Å²) < 4.78 is 0. The summed E-state index contributed by atoms with van der Waals surface area (Å²) in [4.78, 5) is 0. The molecule has 0 heterocycles. The molecule has 0 amide bonds. The smallest absolute Gasteiger partial charge is 0.118 e. The molecule has 1 aliphatic rings. The normalized spacial score (nSPS) is 19.1. The molecule has 0 aliphatic heterocycles. The molecule has 1 saturated carbocycles. The average molecular weight is 479 g/mol. The highest BCUT2D eigenvalue weighted by atomic mass is 16.3. The van der Waals surface area contributed by atoms with Crippen molar-refractivity contribution in [2.24, 2.45) is 11.3 Å². The number of phenolic OH excluding ortho intramolecular Hbond substituents is 2. The number of hydrogen-bond donors (Lipinski definition) is 2. The molecular formula is C33H50O2. The van der Waals surface area contributed by atoms with Crippen molar-refractivity contribution in [2.75, 3.05) is 0 Å². The largest absolute Gasteiger partial charge is 0.508 e. The van der Waals surface area contributed by atoms with Crippen molar-refractivity contribution < 1.29 is 10.2 Å². The number of benzene rings is 2. The molecule has 1 aliphatic carbocycles. The third-order valence-electron chi connectivity index (χ3n) is 8.24. The van der Waals surface area contributed by atoms with Gasteiger partial charge in [0, 0.05) is 5.41 Å². The summed E-state index contributed by atoms with van der Waals surface area (Å²) in [6.07, 6.45) is 15.0. The molecule has 0 bridgehead atoms. The maximum Gasteiger partial charge on any atom is 0.118 e. The standard InChI is InChI=1S/C33H50O2/c1-6-8-10-12-14-26-20-28(16-18-30(26)34)33(23-25(3)22-32(4,5)24-33)29-17-19-31(35)27(21-29)15-13-11-9-7-2/h16-21,25,34-35H,6-15,22-24H2,1-5H3. The van der Waals surface area contributed by atoms with E-state index in [4.69, 9.17) is 0 Å². The van der Waals surface area contributed by atoms with Gasteiger partial charge < -0.3 is 10.2 Å². The highest BCUT2D eigenvalue weighted by molar-refractivity contribution is 5.49. The molecule has 1 atom stereocenters. The van der Waals surface area contributed by atoms with Crippen molar-refractivity contribution in [3.05, 3.63) is 58.7 Å². The third-order valence-corrected chi connectivity index (χ3v) is 8.24. The Balaban J connectivity index is 2.03. The van der Waals surface area contributed by atoms with Crippen LogP contribution in [0.1, 0.15) is 128 Å². The molecule has 35 heavy (non-hydrogen) atoms. The summed E-state index contributed by atoms with van der Waals surface area (Å²) in [6.45, 7) is 11.7. The quantitative estimate of drug-likeness (QED) is 0.298. The van der Waals surface area contributed by atoms with Crippen molar-refractivity contribution in [1.82, 2.24) is 0 Å². The lowest BCUT2D eigenvalue weighted by Gasteiger charge is -2.49. The van der Waals surface area contributed by atoms with Gasteiger partial charge in [0.05, 0.1) is 0 Å². The van der Waals surface area contributed by atoms with Crippen LogP contribution in [0.25, 0.3) is 0 Å². The second kappa shape index (κ2) is 12.3. The average Bonchev–Trinajstić information content (AvgIpc) is 2.80. The molecular weight excluding hydrogens is 428 g/mol. The minimum Gasteiger partial charge on any atom is -0.508 e. The second-order valence-electron chi connectivity index (χ2n) is 12.2. The lowest BCUT2D eigenvalue weighted by Crippen LogP contribution is -2.41. The van der Waals surface area contributed by atoms with Gasteiger partial charge in [-0.15, -0.1) is 0 Å². The van der Waals surface area contributed by atoms with E-state index in [-0.39, 0.29) is 10.8 Å². The highest BCUT2D eigenvalue weighted by Crippen LogP contribution is 2.54. The van der Waals surface area contributed by atoms with Gasteiger partial charge in [0.1, 0.15) is 11.5 Å². The first kappa shape index (κ1) is 27.6. The van der Waals surface area contributed by atoms with Crippen LogP contribution >= 0.6 is 0 Å². The molecule has 2 N–H and O–H groups in total. The van der Waals surface area contributed by atoms with E-state index in [2.05, 4.69) is 58.9 Å². The Morgan fingerprint density at radius 2 is 1.20 bits per heavy atom. The lowest BCUT2D eigenvalue weighted by atomic mass is 9.55. The zero-order valence-electron chi connectivity index (χ0n) is 23.1. The molecule has 0 aromatic heterocycles. The van der Waals surface area contributed by atoms with E-state index in [9.17, 15) is 10.2 Å². The van der Waals surface area contributed by atoms with E-state index in [0.29, 0.717) is 17.4 Å². The molecule has 2 nitrogen and oxygen atoms in total. The highest BCUT2D eigenvalue weighted by Gasteiger charge is 2.45. The Labute approximate surface area is 215 Å². The molecule has 2 aromatic rings. The Kier molecular flexibility index (Phi) is 9.73. The van der Waals surface area contributed by atoms with E-state index < -0.39 is 0 Å². The van der Waals surface area contributed by atoms with Gasteiger partial charge in [-0.2, -0.15) is 0 Å². The molecule has 0 radical (unpaired) electrons. The molecule has 3 rings (SSSR count). The Hall–Kier alpha value is -1.96. The summed E-state index contributed by atoms with van der Waals surface area (Å²) in [7, 11) is 0. The predicted molar refractivity (Wildman–Crippen MR) is 149 cm³/mol. The summed E-state index contributed by atoms with van der Waals surface area (Å²) in [5, 5.41) is 21.4. The van der Waals surface area contributed by atoms with Crippen molar-refractivity contribution >= 4 is 0 Å². The Bertz CT molecular complexity index is 881. The monoisotopic (exact) mass is 478 g/mol. The van der Waals surface area contributed by atoms with Crippen molar-refractivity contribution in [1.29, 1.82) is 0 Å². The van der Waals surface area contributed by atoms with Crippen molar-refractivity contribution in [2.45, 2.75) is 124 Å². The van der Waals surface area contributed by atoms with Gasteiger partial charge in [-0.1, -0.05) is 97.4 Å². The van der Waals surface area contributed by atoms with E-state index in [1.54, 1.807) is 0 Å². The van der Waals surface area contributed by atoms with Gasteiger partial charge in [0.25, 0.3) is 0 Å². The van der Waals surface area contributed by atoms with Crippen LogP contribution in [0.3, 0.4) is 0 Å². The van der Waals surface area contributed by atoms with Gasteiger partial charge in [0.2, 0.25) is 0 Å². The summed E-state index contributed by atoms with van der Waals surface area (Å²) in [6, 6.07) is 12.8. The summed E-state index contributed by atoms with van der Waals surface area (Å²) in [5.41, 5.74) is 4.99. The first-order chi connectivity index (χ1) is 16.7. The Morgan fingerprint density at radius 3 is 1.63 bits per heavy atom. The molecule has 1 unspecified atom stereocenters. The van der Waals surface area contributed by atoms with Crippen LogP contribution < -0.4 is 0 Å². The summed E-state index contributed by atoms with van der Waals surface area (Å²) in [5.74, 6) is 1.49. The third kappa shape index (κ3) is 7.05. The van der Waals surface area contributed by atoms with Crippen LogP contribution in [0.5, 0.6) is 11.5 Å². The molecule has 2 aromatic carbocycles. The zero-order valence-corrected chi connectivity index (χ0v) is 23.1. The maximum absolute atomic E-state index is 10.7. The van der Waals surface area contributed by atoms with Crippen LogP contribution in [0.4, 0.5) is 0 Å². The van der Waals surface area contributed by atoms with Gasteiger partial charge >= 0.3 is 0 Å². The van der Waals surface area contributed by atoms with E-state index in [0.717, 1.165) is 49.7 Å². The molecule has 0 spiro atoms. The number of aryl methyl sites for hydroxylation is 2. The molecule has 2 heteroatoms. The first-order valence-electron chi connectivity index (χ1n) is 14.4. The first-order valence-corrected chi connectivity index (χ1v) is 14.4. The van der Waals surface area contributed by atoms with Crippen molar-refractivity contribution in [3.8, 4) is 11.5 Å². The van der Waals surface area contributed by atoms with Crippen LogP contribution in [0.15, 0.2) is 36.4 Å². The van der Waals surface area contributed by atoms with E-state index in [1.807, 2.05) is 12.1 Å². The van der Waals surface area contributed by atoms with Crippen molar-refractivity contribution in [3.63, 3.8) is 0 Å². The lowest BCUT2D eigenvalue weighted by molar-refractivity contribution is 0.126. The van der Waals surface area contributed by atoms with Gasteiger partial charge in [-0.25, -0.2) is 0 Å². The number of rotatable bonds is 12. The minimum absolute atomic E-state index is 0.0983. The topological polar surface area (TPSA) is 40.5 Å². The van der Waals surface area contributed by atoms with Gasteiger partial charge in [0.15, 0.2) is 0 Å².